The van der Waals surface area contributed by atoms with Gasteiger partial charge in [-0.25, -0.2) is 9.37 Å². The van der Waals surface area contributed by atoms with Crippen LogP contribution in [-0.4, -0.2) is 68.5 Å². The van der Waals surface area contributed by atoms with Gasteiger partial charge in [-0.2, -0.15) is 0 Å². The zero-order valence-electron chi connectivity index (χ0n) is 21.6. The number of hydrogen-bond donors (Lipinski definition) is 1. The lowest BCUT2D eigenvalue weighted by Gasteiger charge is -2.51. The first-order valence-corrected chi connectivity index (χ1v) is 13.8. The highest BCUT2D eigenvalue weighted by Crippen LogP contribution is 2.49. The van der Waals surface area contributed by atoms with E-state index in [4.69, 9.17) is 4.98 Å². The monoisotopic (exact) mass is 504 g/mol. The van der Waals surface area contributed by atoms with E-state index in [9.17, 15) is 14.3 Å². The molecule has 1 N–H and O–H groups in total. The van der Waals surface area contributed by atoms with E-state index in [0.717, 1.165) is 76.0 Å². The van der Waals surface area contributed by atoms with Crippen LogP contribution in [0.3, 0.4) is 0 Å². The van der Waals surface area contributed by atoms with Crippen LogP contribution in [0.2, 0.25) is 0 Å². The number of rotatable bonds is 7. The SMILES string of the molecule is CC(C(=O)O)C1(N2CC(CN3CCC(c4cn5ccccc5n4)CC3)C(c3cccc(F)c3)C2)CCC1. The van der Waals surface area contributed by atoms with Crippen molar-refractivity contribution in [2.75, 3.05) is 32.7 Å². The van der Waals surface area contributed by atoms with Gasteiger partial charge in [0.1, 0.15) is 11.5 Å². The Morgan fingerprint density at radius 2 is 1.97 bits per heavy atom. The van der Waals surface area contributed by atoms with Crippen molar-refractivity contribution in [2.24, 2.45) is 11.8 Å². The Balaban J connectivity index is 1.17. The van der Waals surface area contributed by atoms with Crippen molar-refractivity contribution in [1.82, 2.24) is 19.2 Å². The minimum absolute atomic E-state index is 0.194. The van der Waals surface area contributed by atoms with Gasteiger partial charge in [-0.3, -0.25) is 9.69 Å². The van der Waals surface area contributed by atoms with Crippen LogP contribution in [0.15, 0.2) is 54.9 Å². The maximum absolute atomic E-state index is 14.2. The van der Waals surface area contributed by atoms with E-state index >= 15 is 0 Å². The molecule has 196 valence electrons. The van der Waals surface area contributed by atoms with Crippen LogP contribution in [0.5, 0.6) is 0 Å². The second-order valence-corrected chi connectivity index (χ2v) is 11.6. The number of piperidine rings is 1. The molecule has 1 aromatic carbocycles. The van der Waals surface area contributed by atoms with Gasteiger partial charge in [0, 0.05) is 49.4 Å². The van der Waals surface area contributed by atoms with Gasteiger partial charge in [-0.15, -0.1) is 0 Å². The number of pyridine rings is 1. The summed E-state index contributed by atoms with van der Waals surface area (Å²) < 4.78 is 16.3. The Bertz CT molecular complexity index is 1230. The smallest absolute Gasteiger partial charge is 0.308 e. The first kappa shape index (κ1) is 24.6. The third kappa shape index (κ3) is 4.57. The number of benzene rings is 1. The number of hydrogen-bond acceptors (Lipinski definition) is 4. The summed E-state index contributed by atoms with van der Waals surface area (Å²) in [5, 5.41) is 9.86. The third-order valence-electron chi connectivity index (χ3n) is 9.62. The van der Waals surface area contributed by atoms with Gasteiger partial charge in [-0.1, -0.05) is 25.1 Å². The molecule has 1 saturated carbocycles. The molecule has 0 radical (unpaired) electrons. The molecule has 6 rings (SSSR count). The number of carboxylic acids is 1. The maximum atomic E-state index is 14.2. The molecule has 3 unspecified atom stereocenters. The van der Waals surface area contributed by atoms with E-state index in [1.54, 1.807) is 6.07 Å². The number of carboxylic acid groups (broad SMARTS) is 1. The molecule has 2 aliphatic heterocycles. The molecule has 3 aliphatic rings. The lowest BCUT2D eigenvalue weighted by molar-refractivity contribution is -0.150. The van der Waals surface area contributed by atoms with E-state index in [1.165, 1.54) is 11.8 Å². The fourth-order valence-corrected chi connectivity index (χ4v) is 7.22. The highest BCUT2D eigenvalue weighted by molar-refractivity contribution is 5.71. The summed E-state index contributed by atoms with van der Waals surface area (Å²) in [6, 6.07) is 13.2. The predicted molar refractivity (Wildman–Crippen MR) is 141 cm³/mol. The van der Waals surface area contributed by atoms with Crippen molar-refractivity contribution in [2.45, 2.75) is 56.4 Å². The van der Waals surface area contributed by atoms with Gasteiger partial charge >= 0.3 is 5.97 Å². The molecular weight excluding hydrogens is 467 g/mol. The molecular formula is C30H37FN4O2. The molecule has 0 amide bonds. The first-order valence-electron chi connectivity index (χ1n) is 13.8. The van der Waals surface area contributed by atoms with Crippen LogP contribution in [0.25, 0.3) is 5.65 Å². The van der Waals surface area contributed by atoms with Gasteiger partial charge in [0.05, 0.1) is 11.6 Å². The molecule has 2 aromatic heterocycles. The molecule has 0 spiro atoms. The van der Waals surface area contributed by atoms with Crippen molar-refractivity contribution >= 4 is 11.6 Å². The van der Waals surface area contributed by atoms with Crippen LogP contribution >= 0.6 is 0 Å². The average molecular weight is 505 g/mol. The highest BCUT2D eigenvalue weighted by atomic mass is 19.1. The van der Waals surface area contributed by atoms with Crippen molar-refractivity contribution < 1.29 is 14.3 Å². The molecule has 3 fully saturated rings. The summed E-state index contributed by atoms with van der Waals surface area (Å²) in [6.07, 6.45) is 9.36. The molecule has 3 aromatic rings. The van der Waals surface area contributed by atoms with Gasteiger partial charge in [0.15, 0.2) is 0 Å². The Morgan fingerprint density at radius 3 is 2.65 bits per heavy atom. The van der Waals surface area contributed by atoms with Crippen LogP contribution in [0.4, 0.5) is 4.39 Å². The van der Waals surface area contributed by atoms with E-state index in [-0.39, 0.29) is 17.3 Å². The second-order valence-electron chi connectivity index (χ2n) is 11.6. The molecule has 1 aliphatic carbocycles. The van der Waals surface area contributed by atoms with Crippen LogP contribution < -0.4 is 0 Å². The molecule has 0 bridgehead atoms. The molecule has 2 saturated heterocycles. The minimum Gasteiger partial charge on any atom is -0.481 e. The van der Waals surface area contributed by atoms with Crippen molar-refractivity contribution in [3.63, 3.8) is 0 Å². The van der Waals surface area contributed by atoms with E-state index in [2.05, 4.69) is 32.7 Å². The number of likely N-dealkylation sites (tertiary alicyclic amines) is 2. The normalized spacial score (nSPS) is 25.8. The number of nitrogens with zero attached hydrogens (tertiary/aromatic N) is 4. The van der Waals surface area contributed by atoms with Crippen LogP contribution in [-0.2, 0) is 4.79 Å². The number of carbonyl (C=O) groups is 1. The van der Waals surface area contributed by atoms with E-state index in [1.807, 2.05) is 31.2 Å². The Morgan fingerprint density at radius 1 is 1.16 bits per heavy atom. The summed E-state index contributed by atoms with van der Waals surface area (Å²) in [5.41, 5.74) is 2.97. The summed E-state index contributed by atoms with van der Waals surface area (Å²) in [7, 11) is 0. The van der Waals surface area contributed by atoms with Crippen molar-refractivity contribution in [1.29, 1.82) is 0 Å². The van der Waals surface area contributed by atoms with Crippen molar-refractivity contribution in [3.05, 3.63) is 71.9 Å². The number of fused-ring (bicyclic) bond motifs is 1. The van der Waals surface area contributed by atoms with Crippen LogP contribution in [0.1, 0.15) is 62.1 Å². The molecule has 37 heavy (non-hydrogen) atoms. The molecule has 4 heterocycles. The zero-order chi connectivity index (χ0) is 25.6. The quantitative estimate of drug-likeness (QED) is 0.490. The zero-order valence-corrected chi connectivity index (χ0v) is 21.6. The molecule has 3 atom stereocenters. The molecule has 6 nitrogen and oxygen atoms in total. The van der Waals surface area contributed by atoms with Crippen molar-refractivity contribution in [3.8, 4) is 0 Å². The third-order valence-corrected chi connectivity index (χ3v) is 9.62. The Hall–Kier alpha value is -2.77. The fraction of sp³-hybridized carbons (Fsp3) is 0.533. The largest absolute Gasteiger partial charge is 0.481 e. The Labute approximate surface area is 218 Å². The number of aliphatic carboxylic acids is 1. The topological polar surface area (TPSA) is 61.1 Å². The second kappa shape index (κ2) is 9.84. The summed E-state index contributed by atoms with van der Waals surface area (Å²) in [6.45, 7) is 6.58. The summed E-state index contributed by atoms with van der Waals surface area (Å²) in [4.78, 5) is 21.9. The predicted octanol–water partition coefficient (Wildman–Crippen LogP) is 5.01. The lowest BCUT2D eigenvalue weighted by atomic mass is 9.67. The van der Waals surface area contributed by atoms with Gasteiger partial charge in [0.2, 0.25) is 0 Å². The summed E-state index contributed by atoms with van der Waals surface area (Å²) >= 11 is 0. The first-order chi connectivity index (χ1) is 17.9. The van der Waals surface area contributed by atoms with Gasteiger partial charge < -0.3 is 14.4 Å². The number of imidazole rings is 1. The number of halogens is 1. The van der Waals surface area contributed by atoms with Crippen LogP contribution in [0, 0.1) is 17.7 Å². The maximum Gasteiger partial charge on any atom is 0.308 e. The minimum atomic E-state index is -0.709. The highest BCUT2D eigenvalue weighted by Gasteiger charge is 2.53. The van der Waals surface area contributed by atoms with E-state index < -0.39 is 11.9 Å². The summed E-state index contributed by atoms with van der Waals surface area (Å²) in [5.74, 6) is -0.253. The fourth-order valence-electron chi connectivity index (χ4n) is 7.22. The Kier molecular flexibility index (Phi) is 6.53. The van der Waals surface area contributed by atoms with Gasteiger partial charge in [0.25, 0.3) is 0 Å². The van der Waals surface area contributed by atoms with E-state index in [0.29, 0.717) is 11.8 Å². The average Bonchev–Trinajstić information content (AvgIpc) is 3.48. The number of aromatic nitrogens is 2. The van der Waals surface area contributed by atoms with Gasteiger partial charge in [-0.05, 0) is 80.9 Å². The molecule has 7 heteroatoms. The lowest BCUT2D eigenvalue weighted by Crippen LogP contribution is -2.59. The standard InChI is InChI=1S/C30H37FN4O2/c1-21(29(36)37)30(11-5-12-30)35-18-24(26(19-35)23-6-4-7-25(31)16-23)17-33-14-9-22(10-15-33)27-20-34-13-3-2-8-28(34)32-27/h2-4,6-8,13,16,20-22,24,26H,5,9-12,14-15,17-19H2,1H3,(H,36,37).